The van der Waals surface area contributed by atoms with E-state index in [1.54, 1.807) is 0 Å². The first kappa shape index (κ1) is 6.95. The number of para-hydroxylation sites is 2. The molecule has 2 N–H and O–H groups in total. The molecule has 3 nitrogen and oxygen atoms in total. The van der Waals surface area contributed by atoms with Gasteiger partial charge in [-0.2, -0.15) is 0 Å². The largest absolute Gasteiger partial charge is 0.369 e. The van der Waals surface area contributed by atoms with Gasteiger partial charge in [-0.3, -0.25) is 0 Å². The second-order valence-corrected chi connectivity index (χ2v) is 3.56. The third-order valence-electron chi connectivity index (χ3n) is 2.54. The van der Waals surface area contributed by atoms with Gasteiger partial charge in [0.05, 0.1) is 11.0 Å². The maximum atomic E-state index is 5.85. The third-order valence-corrected chi connectivity index (χ3v) is 2.54. The molecule has 1 aliphatic carbocycles. The predicted octanol–water partition coefficient (Wildman–Crippen LogP) is 1.95. The van der Waals surface area contributed by atoms with Crippen molar-refractivity contribution in [1.82, 2.24) is 9.55 Å². The van der Waals surface area contributed by atoms with Crippen molar-refractivity contribution in [1.29, 1.82) is 0 Å². The van der Waals surface area contributed by atoms with Crippen LogP contribution in [-0.2, 0) is 0 Å². The zero-order valence-electron chi connectivity index (χ0n) is 7.27. The van der Waals surface area contributed by atoms with Gasteiger partial charge < -0.3 is 10.3 Å². The molecular weight excluding hydrogens is 162 g/mol. The smallest absolute Gasteiger partial charge is 0.201 e. The van der Waals surface area contributed by atoms with Crippen LogP contribution in [0.4, 0.5) is 5.95 Å². The average molecular weight is 173 g/mol. The standard InChI is InChI=1S/C10H11N3/c11-10-12-8-3-1-2-4-9(8)13(10)7-5-6-7/h1-4,7H,5-6H2,(H2,11,12). The number of nitrogens with zero attached hydrogens (tertiary/aromatic N) is 2. The van der Waals surface area contributed by atoms with E-state index in [4.69, 9.17) is 5.73 Å². The van der Waals surface area contributed by atoms with E-state index < -0.39 is 0 Å². The Morgan fingerprint density at radius 2 is 2.08 bits per heavy atom. The Kier molecular flexibility index (Phi) is 1.20. The van der Waals surface area contributed by atoms with Crippen LogP contribution in [-0.4, -0.2) is 9.55 Å². The normalized spacial score (nSPS) is 16.6. The quantitative estimate of drug-likeness (QED) is 0.716. The number of aromatic nitrogens is 2. The Bertz CT molecular complexity index is 454. The fourth-order valence-corrected chi connectivity index (χ4v) is 1.78. The highest BCUT2D eigenvalue weighted by molar-refractivity contribution is 5.78. The lowest BCUT2D eigenvalue weighted by Gasteiger charge is -2.01. The molecule has 2 aromatic rings. The van der Waals surface area contributed by atoms with Crippen molar-refractivity contribution in [2.75, 3.05) is 5.73 Å². The molecule has 0 atom stereocenters. The molecule has 1 fully saturated rings. The molecule has 66 valence electrons. The Morgan fingerprint density at radius 3 is 2.85 bits per heavy atom. The lowest BCUT2D eigenvalue weighted by atomic mass is 10.3. The van der Waals surface area contributed by atoms with Gasteiger partial charge in [-0.15, -0.1) is 0 Å². The number of nitrogens with two attached hydrogens (primary N) is 1. The van der Waals surface area contributed by atoms with E-state index in [2.05, 4.69) is 15.6 Å². The highest BCUT2D eigenvalue weighted by Crippen LogP contribution is 2.39. The summed E-state index contributed by atoms with van der Waals surface area (Å²) in [6, 6.07) is 8.71. The summed E-state index contributed by atoms with van der Waals surface area (Å²) in [5, 5.41) is 0. The minimum absolute atomic E-state index is 0.604. The summed E-state index contributed by atoms with van der Waals surface area (Å²) in [7, 11) is 0. The van der Waals surface area contributed by atoms with Crippen LogP contribution in [0.3, 0.4) is 0 Å². The van der Waals surface area contributed by atoms with Crippen LogP contribution in [0.2, 0.25) is 0 Å². The maximum Gasteiger partial charge on any atom is 0.201 e. The van der Waals surface area contributed by atoms with Crippen LogP contribution < -0.4 is 5.73 Å². The summed E-state index contributed by atoms with van der Waals surface area (Å²) in [5.41, 5.74) is 8.02. The lowest BCUT2D eigenvalue weighted by molar-refractivity contribution is 0.779. The molecular formula is C10H11N3. The first-order valence-corrected chi connectivity index (χ1v) is 4.59. The van der Waals surface area contributed by atoms with Crippen molar-refractivity contribution in [2.24, 2.45) is 0 Å². The minimum atomic E-state index is 0.604. The highest BCUT2D eigenvalue weighted by atomic mass is 15.2. The van der Waals surface area contributed by atoms with Crippen molar-refractivity contribution in [3.05, 3.63) is 24.3 Å². The van der Waals surface area contributed by atoms with Gasteiger partial charge in [-0.05, 0) is 25.0 Å². The number of fused-ring (bicyclic) bond motifs is 1. The number of hydrogen-bond acceptors (Lipinski definition) is 2. The van der Waals surface area contributed by atoms with Gasteiger partial charge >= 0.3 is 0 Å². The summed E-state index contributed by atoms with van der Waals surface area (Å²) >= 11 is 0. The van der Waals surface area contributed by atoms with E-state index in [0.717, 1.165) is 5.52 Å². The van der Waals surface area contributed by atoms with Crippen molar-refractivity contribution in [2.45, 2.75) is 18.9 Å². The van der Waals surface area contributed by atoms with Crippen LogP contribution in [0.1, 0.15) is 18.9 Å². The molecule has 0 bridgehead atoms. The maximum absolute atomic E-state index is 5.85. The van der Waals surface area contributed by atoms with E-state index in [9.17, 15) is 0 Å². The lowest BCUT2D eigenvalue weighted by Crippen LogP contribution is -2.00. The van der Waals surface area contributed by atoms with Crippen LogP contribution in [0.5, 0.6) is 0 Å². The molecule has 3 heteroatoms. The van der Waals surface area contributed by atoms with Gasteiger partial charge in [0.1, 0.15) is 0 Å². The Labute approximate surface area is 76.2 Å². The van der Waals surface area contributed by atoms with Gasteiger partial charge in [-0.25, -0.2) is 4.98 Å². The number of rotatable bonds is 1. The number of anilines is 1. The van der Waals surface area contributed by atoms with Crippen molar-refractivity contribution >= 4 is 17.0 Å². The molecule has 0 unspecified atom stereocenters. The zero-order chi connectivity index (χ0) is 8.84. The molecule has 1 saturated carbocycles. The number of nitrogen functional groups attached to an aromatic ring is 1. The van der Waals surface area contributed by atoms with Gasteiger partial charge in [0.15, 0.2) is 0 Å². The van der Waals surface area contributed by atoms with Crippen LogP contribution in [0.15, 0.2) is 24.3 Å². The monoisotopic (exact) mass is 173 g/mol. The second kappa shape index (κ2) is 2.25. The highest BCUT2D eigenvalue weighted by Gasteiger charge is 2.26. The SMILES string of the molecule is Nc1nc2ccccc2n1C1CC1. The fourth-order valence-electron chi connectivity index (χ4n) is 1.78. The van der Waals surface area contributed by atoms with E-state index in [0.29, 0.717) is 12.0 Å². The van der Waals surface area contributed by atoms with Gasteiger partial charge in [-0.1, -0.05) is 12.1 Å². The van der Waals surface area contributed by atoms with Crippen LogP contribution in [0.25, 0.3) is 11.0 Å². The predicted molar refractivity (Wildman–Crippen MR) is 52.4 cm³/mol. The molecule has 1 heterocycles. The van der Waals surface area contributed by atoms with E-state index in [1.165, 1.54) is 18.4 Å². The fraction of sp³-hybridized carbons (Fsp3) is 0.300. The van der Waals surface area contributed by atoms with Crippen molar-refractivity contribution in [3.63, 3.8) is 0 Å². The van der Waals surface area contributed by atoms with E-state index in [-0.39, 0.29) is 0 Å². The second-order valence-electron chi connectivity index (χ2n) is 3.56. The molecule has 13 heavy (non-hydrogen) atoms. The number of imidazole rings is 1. The summed E-state index contributed by atoms with van der Waals surface area (Å²) in [6.45, 7) is 0. The summed E-state index contributed by atoms with van der Waals surface area (Å²) in [6.07, 6.45) is 2.48. The molecule has 1 aliphatic rings. The summed E-state index contributed by atoms with van der Waals surface area (Å²) < 4.78 is 2.15. The Balaban J connectivity index is 2.35. The first-order valence-electron chi connectivity index (χ1n) is 4.59. The molecule has 1 aromatic carbocycles. The van der Waals surface area contributed by atoms with Gasteiger partial charge in [0, 0.05) is 6.04 Å². The van der Waals surface area contributed by atoms with Gasteiger partial charge in [0.25, 0.3) is 0 Å². The first-order chi connectivity index (χ1) is 6.36. The molecule has 0 aliphatic heterocycles. The molecule has 0 radical (unpaired) electrons. The topological polar surface area (TPSA) is 43.8 Å². The van der Waals surface area contributed by atoms with Crippen molar-refractivity contribution < 1.29 is 0 Å². The minimum Gasteiger partial charge on any atom is -0.369 e. The summed E-state index contributed by atoms with van der Waals surface area (Å²) in [4.78, 5) is 4.32. The van der Waals surface area contributed by atoms with E-state index >= 15 is 0 Å². The molecule has 1 aromatic heterocycles. The third kappa shape index (κ3) is 0.932. The van der Waals surface area contributed by atoms with Crippen LogP contribution in [0, 0.1) is 0 Å². The molecule has 0 spiro atoms. The average Bonchev–Trinajstić information content (AvgIpc) is 2.88. The molecule has 0 saturated heterocycles. The molecule has 0 amide bonds. The number of hydrogen-bond donors (Lipinski definition) is 1. The van der Waals surface area contributed by atoms with Crippen LogP contribution >= 0.6 is 0 Å². The summed E-state index contributed by atoms with van der Waals surface area (Å²) in [5.74, 6) is 0.656. The Morgan fingerprint density at radius 1 is 1.31 bits per heavy atom. The van der Waals surface area contributed by atoms with Crippen molar-refractivity contribution in [3.8, 4) is 0 Å². The van der Waals surface area contributed by atoms with E-state index in [1.807, 2.05) is 18.2 Å². The molecule has 3 rings (SSSR count). The number of benzene rings is 1. The zero-order valence-corrected chi connectivity index (χ0v) is 7.27. The Hall–Kier alpha value is -1.51. The van der Waals surface area contributed by atoms with Gasteiger partial charge in [0.2, 0.25) is 5.95 Å².